The molecular weight excluding hydrogens is 336 g/mol. The van der Waals surface area contributed by atoms with E-state index in [9.17, 15) is 4.79 Å². The van der Waals surface area contributed by atoms with Gasteiger partial charge in [-0.2, -0.15) is 0 Å². The van der Waals surface area contributed by atoms with Gasteiger partial charge in [0.05, 0.1) is 0 Å². The minimum Gasteiger partial charge on any atom is -0.488 e. The molecule has 1 fully saturated rings. The fourth-order valence-corrected chi connectivity index (χ4v) is 4.16. The van der Waals surface area contributed by atoms with Gasteiger partial charge < -0.3 is 9.47 Å². The van der Waals surface area contributed by atoms with Gasteiger partial charge in [-0.1, -0.05) is 38.5 Å². The first-order valence-corrected chi connectivity index (χ1v) is 10.2. The lowest BCUT2D eigenvalue weighted by molar-refractivity contribution is -0.155. The molecule has 0 N–H and O–H groups in total. The van der Waals surface area contributed by atoms with Crippen molar-refractivity contribution >= 4 is 5.97 Å². The summed E-state index contributed by atoms with van der Waals surface area (Å²) in [5.41, 5.74) is 0.746. The van der Waals surface area contributed by atoms with Crippen LogP contribution in [0.4, 0.5) is 0 Å². The number of carbonyl (C=O) groups is 1. The summed E-state index contributed by atoms with van der Waals surface area (Å²) in [4.78, 5) is 11.8. The average molecular weight is 373 g/mol. The second-order valence-electron chi connectivity index (χ2n) is 9.49. The van der Waals surface area contributed by atoms with E-state index in [1.165, 1.54) is 31.2 Å². The minimum atomic E-state index is -0.627. The van der Waals surface area contributed by atoms with E-state index in [0.29, 0.717) is 17.9 Å². The quantitative estimate of drug-likeness (QED) is 0.409. The van der Waals surface area contributed by atoms with Gasteiger partial charge in [0, 0.05) is 12.0 Å². The first kappa shape index (κ1) is 21.5. The van der Waals surface area contributed by atoms with Crippen LogP contribution in [0.1, 0.15) is 85.1 Å². The summed E-state index contributed by atoms with van der Waals surface area (Å²) in [5, 5.41) is 0. The van der Waals surface area contributed by atoms with Crippen molar-refractivity contribution in [2.75, 3.05) is 0 Å². The highest BCUT2D eigenvalue weighted by molar-refractivity contribution is 5.87. The zero-order valence-electron chi connectivity index (χ0n) is 17.9. The fourth-order valence-electron chi connectivity index (χ4n) is 4.16. The van der Waals surface area contributed by atoms with E-state index in [-0.39, 0.29) is 5.97 Å². The van der Waals surface area contributed by atoms with Gasteiger partial charge in [0.15, 0.2) is 0 Å². The third-order valence-corrected chi connectivity index (χ3v) is 5.33. The molecule has 0 unspecified atom stereocenters. The molecule has 2 rings (SSSR count). The molecule has 0 bridgehead atoms. The zero-order chi connectivity index (χ0) is 20.2. The van der Waals surface area contributed by atoms with Gasteiger partial charge in [-0.25, -0.2) is 4.79 Å². The Morgan fingerprint density at radius 1 is 1.04 bits per heavy atom. The Morgan fingerprint density at radius 3 is 2.11 bits per heavy atom. The SMILES string of the molecule is C=C(C)C(=O)OC(C)(C)CC(C)(C)Oc1ccc(C2CCC(C)CC2)cc1. The van der Waals surface area contributed by atoms with E-state index in [1.807, 2.05) is 27.7 Å². The Morgan fingerprint density at radius 2 is 1.59 bits per heavy atom. The molecule has 0 aliphatic heterocycles. The van der Waals surface area contributed by atoms with Crippen LogP contribution in [0.5, 0.6) is 5.75 Å². The molecule has 1 aromatic rings. The van der Waals surface area contributed by atoms with E-state index in [4.69, 9.17) is 9.47 Å². The molecule has 3 heteroatoms. The molecule has 0 saturated heterocycles. The van der Waals surface area contributed by atoms with Crippen LogP contribution in [-0.2, 0) is 9.53 Å². The van der Waals surface area contributed by atoms with Crippen LogP contribution in [0.3, 0.4) is 0 Å². The van der Waals surface area contributed by atoms with Gasteiger partial charge in [0.1, 0.15) is 17.0 Å². The Bertz CT molecular complexity index is 647. The van der Waals surface area contributed by atoms with Gasteiger partial charge >= 0.3 is 5.97 Å². The Labute approximate surface area is 165 Å². The van der Waals surface area contributed by atoms with Gasteiger partial charge in [-0.15, -0.1) is 0 Å². The van der Waals surface area contributed by atoms with Crippen LogP contribution >= 0.6 is 0 Å². The molecule has 150 valence electrons. The number of benzene rings is 1. The zero-order valence-corrected chi connectivity index (χ0v) is 17.9. The first-order valence-electron chi connectivity index (χ1n) is 10.2. The van der Waals surface area contributed by atoms with Gasteiger partial charge in [-0.3, -0.25) is 0 Å². The molecule has 27 heavy (non-hydrogen) atoms. The number of ether oxygens (including phenoxy) is 2. The maximum Gasteiger partial charge on any atom is 0.333 e. The van der Waals surface area contributed by atoms with Crippen molar-refractivity contribution in [3.05, 3.63) is 42.0 Å². The summed E-state index contributed by atoms with van der Waals surface area (Å²) in [6.45, 7) is 15.5. The van der Waals surface area contributed by atoms with E-state index in [1.54, 1.807) is 6.92 Å². The predicted molar refractivity (Wildman–Crippen MR) is 111 cm³/mol. The van der Waals surface area contributed by atoms with Gasteiger partial charge in [0.25, 0.3) is 0 Å². The van der Waals surface area contributed by atoms with Crippen molar-refractivity contribution in [2.45, 2.75) is 90.8 Å². The lowest BCUT2D eigenvalue weighted by Crippen LogP contribution is -2.40. The smallest absolute Gasteiger partial charge is 0.333 e. The third kappa shape index (κ3) is 6.71. The number of hydrogen-bond donors (Lipinski definition) is 0. The second-order valence-corrected chi connectivity index (χ2v) is 9.49. The molecule has 0 amide bonds. The molecule has 0 aromatic heterocycles. The van der Waals surface area contributed by atoms with Crippen LogP contribution in [0.2, 0.25) is 0 Å². The minimum absolute atomic E-state index is 0.359. The van der Waals surface area contributed by atoms with E-state index >= 15 is 0 Å². The predicted octanol–water partition coefficient (Wildman–Crippen LogP) is 6.43. The van der Waals surface area contributed by atoms with Crippen molar-refractivity contribution in [3.63, 3.8) is 0 Å². The molecule has 1 aliphatic rings. The van der Waals surface area contributed by atoms with Crippen LogP contribution in [-0.4, -0.2) is 17.2 Å². The van der Waals surface area contributed by atoms with Crippen molar-refractivity contribution in [1.82, 2.24) is 0 Å². The lowest BCUT2D eigenvalue weighted by atomic mass is 9.79. The van der Waals surface area contributed by atoms with Crippen molar-refractivity contribution in [1.29, 1.82) is 0 Å². The lowest BCUT2D eigenvalue weighted by Gasteiger charge is -2.35. The molecule has 0 atom stereocenters. The summed E-state index contributed by atoms with van der Waals surface area (Å²) < 4.78 is 11.8. The molecule has 3 nitrogen and oxygen atoms in total. The van der Waals surface area contributed by atoms with Crippen LogP contribution in [0.15, 0.2) is 36.4 Å². The van der Waals surface area contributed by atoms with Crippen LogP contribution in [0, 0.1) is 5.92 Å². The molecular formula is C24H36O3. The van der Waals surface area contributed by atoms with Gasteiger partial charge in [-0.05, 0) is 77.0 Å². The van der Waals surface area contributed by atoms with Gasteiger partial charge in [0.2, 0.25) is 0 Å². The molecule has 0 heterocycles. The number of carbonyl (C=O) groups excluding carboxylic acids is 1. The van der Waals surface area contributed by atoms with E-state index in [2.05, 4.69) is 37.8 Å². The van der Waals surface area contributed by atoms with E-state index < -0.39 is 11.2 Å². The highest BCUT2D eigenvalue weighted by atomic mass is 16.6. The molecule has 1 aromatic carbocycles. The average Bonchev–Trinajstić information content (AvgIpc) is 2.54. The molecule has 0 spiro atoms. The number of esters is 1. The standard InChI is InChI=1S/C24H36O3/c1-17(2)22(25)27-24(6,7)16-23(4,5)26-21-14-12-20(13-15-21)19-10-8-18(3)9-11-19/h12-15,18-19H,1,8-11,16H2,2-7H3. The third-order valence-electron chi connectivity index (χ3n) is 5.33. The Kier molecular flexibility index (Phi) is 6.77. The number of rotatable bonds is 7. The van der Waals surface area contributed by atoms with Crippen molar-refractivity contribution in [3.8, 4) is 5.75 Å². The summed E-state index contributed by atoms with van der Waals surface area (Å²) in [6, 6.07) is 8.56. The summed E-state index contributed by atoms with van der Waals surface area (Å²) in [5.74, 6) is 2.05. The Balaban J connectivity index is 1.96. The Hall–Kier alpha value is -1.77. The van der Waals surface area contributed by atoms with Crippen molar-refractivity contribution in [2.24, 2.45) is 5.92 Å². The summed E-state index contributed by atoms with van der Waals surface area (Å²) in [7, 11) is 0. The summed E-state index contributed by atoms with van der Waals surface area (Å²) in [6.07, 6.45) is 5.81. The highest BCUT2D eigenvalue weighted by Gasteiger charge is 2.33. The van der Waals surface area contributed by atoms with Crippen molar-refractivity contribution < 1.29 is 14.3 Å². The van der Waals surface area contributed by atoms with E-state index in [0.717, 1.165) is 11.7 Å². The maximum atomic E-state index is 11.8. The van der Waals surface area contributed by atoms with Crippen LogP contribution in [0.25, 0.3) is 0 Å². The maximum absolute atomic E-state index is 11.8. The van der Waals surface area contributed by atoms with Crippen LogP contribution < -0.4 is 4.74 Å². The normalized spacial score (nSPS) is 20.8. The fraction of sp³-hybridized carbons (Fsp3) is 0.625. The topological polar surface area (TPSA) is 35.5 Å². The largest absolute Gasteiger partial charge is 0.488 e. The highest BCUT2D eigenvalue weighted by Crippen LogP contribution is 2.36. The monoisotopic (exact) mass is 372 g/mol. The summed E-state index contributed by atoms with van der Waals surface area (Å²) >= 11 is 0. The number of hydrogen-bond acceptors (Lipinski definition) is 3. The molecule has 1 saturated carbocycles. The molecule has 1 aliphatic carbocycles. The first-order chi connectivity index (χ1) is 12.5. The molecule has 0 radical (unpaired) electrons. The second kappa shape index (κ2) is 8.50.